The number of rotatable bonds is 6. The van der Waals surface area contributed by atoms with E-state index in [1.165, 1.54) is 37.8 Å². The van der Waals surface area contributed by atoms with Crippen molar-refractivity contribution in [3.8, 4) is 0 Å². The molecule has 0 amide bonds. The number of nitrogens with one attached hydrogen (secondary N) is 1. The van der Waals surface area contributed by atoms with E-state index in [0.717, 1.165) is 0 Å². The highest BCUT2D eigenvalue weighted by Crippen LogP contribution is 2.28. The zero-order valence-corrected chi connectivity index (χ0v) is 12.0. The molecule has 114 valence electrons. The summed E-state index contributed by atoms with van der Waals surface area (Å²) in [4.78, 5) is 21.6. The minimum atomic E-state index is -1.26. The highest BCUT2D eigenvalue weighted by Gasteiger charge is 2.25. The minimum absolute atomic E-state index is 0.214. The molecule has 0 radical (unpaired) electrons. The Kier molecular flexibility index (Phi) is 4.90. The van der Waals surface area contributed by atoms with Crippen LogP contribution in [0.2, 0.25) is 0 Å². The number of nitro groups is 1. The molecule has 1 aliphatic carbocycles. The molecule has 21 heavy (non-hydrogen) atoms. The second kappa shape index (κ2) is 6.67. The number of hydrogen-bond acceptors (Lipinski definition) is 4. The summed E-state index contributed by atoms with van der Waals surface area (Å²) in [6.45, 7) is 2.43. The first kappa shape index (κ1) is 15.4. The molecule has 0 heterocycles. The van der Waals surface area contributed by atoms with Crippen molar-refractivity contribution in [1.82, 2.24) is 5.32 Å². The van der Waals surface area contributed by atoms with Crippen molar-refractivity contribution in [2.75, 3.05) is 0 Å². The van der Waals surface area contributed by atoms with Crippen LogP contribution in [0, 0.1) is 16.0 Å². The molecular formula is C15H20N2O4. The maximum absolute atomic E-state index is 11.3. The van der Waals surface area contributed by atoms with Crippen molar-refractivity contribution in [2.24, 2.45) is 5.92 Å². The number of nitro benzene ring substituents is 1. The van der Waals surface area contributed by atoms with Gasteiger partial charge in [-0.05, 0) is 31.2 Å². The molecule has 1 fully saturated rings. The lowest BCUT2D eigenvalue weighted by atomic mass is 9.99. The lowest BCUT2D eigenvalue weighted by Gasteiger charge is -2.20. The van der Waals surface area contributed by atoms with Gasteiger partial charge in [0.15, 0.2) is 0 Å². The van der Waals surface area contributed by atoms with E-state index in [1.807, 2.05) is 0 Å². The fourth-order valence-corrected chi connectivity index (χ4v) is 3.03. The predicted octanol–water partition coefficient (Wildman–Crippen LogP) is 2.96. The maximum Gasteiger partial charge on any atom is 0.343 e. The number of hydrogen-bond donors (Lipinski definition) is 2. The third-order valence-corrected chi connectivity index (χ3v) is 4.26. The molecule has 0 saturated heterocycles. The Labute approximate surface area is 123 Å². The molecule has 0 aromatic heterocycles. The Morgan fingerprint density at radius 1 is 1.48 bits per heavy atom. The second-order valence-corrected chi connectivity index (χ2v) is 5.59. The average Bonchev–Trinajstić information content (AvgIpc) is 2.98. The first-order valence-corrected chi connectivity index (χ1v) is 7.23. The quantitative estimate of drug-likeness (QED) is 0.621. The van der Waals surface area contributed by atoms with Gasteiger partial charge in [-0.25, -0.2) is 4.79 Å². The fourth-order valence-electron chi connectivity index (χ4n) is 3.03. The predicted molar refractivity (Wildman–Crippen MR) is 78.3 cm³/mol. The van der Waals surface area contributed by atoms with Gasteiger partial charge in [0.2, 0.25) is 0 Å². The Morgan fingerprint density at radius 2 is 2.14 bits per heavy atom. The Morgan fingerprint density at radius 3 is 2.71 bits per heavy atom. The van der Waals surface area contributed by atoms with Gasteiger partial charge in [0.1, 0.15) is 5.56 Å². The lowest BCUT2D eigenvalue weighted by molar-refractivity contribution is -0.385. The van der Waals surface area contributed by atoms with Gasteiger partial charge in [-0.15, -0.1) is 0 Å². The van der Waals surface area contributed by atoms with Gasteiger partial charge >= 0.3 is 5.97 Å². The number of carboxylic acids is 1. The summed E-state index contributed by atoms with van der Waals surface area (Å²) < 4.78 is 0. The van der Waals surface area contributed by atoms with Crippen LogP contribution in [-0.2, 0) is 6.54 Å². The SMILES string of the molecule is CC(NCc1cccc([N+](=O)[O-])c1C(=O)O)C1CCCC1. The first-order valence-electron chi connectivity index (χ1n) is 7.23. The van der Waals surface area contributed by atoms with Crippen LogP contribution < -0.4 is 5.32 Å². The molecule has 1 aromatic rings. The van der Waals surface area contributed by atoms with Crippen LogP contribution in [0.4, 0.5) is 5.69 Å². The summed E-state index contributed by atoms with van der Waals surface area (Å²) in [6.07, 6.45) is 4.87. The van der Waals surface area contributed by atoms with Crippen molar-refractivity contribution >= 4 is 11.7 Å². The van der Waals surface area contributed by atoms with Crippen molar-refractivity contribution in [2.45, 2.75) is 45.2 Å². The van der Waals surface area contributed by atoms with E-state index < -0.39 is 10.9 Å². The highest BCUT2D eigenvalue weighted by atomic mass is 16.6. The van der Waals surface area contributed by atoms with Crippen LogP contribution >= 0.6 is 0 Å². The van der Waals surface area contributed by atoms with E-state index in [4.69, 9.17) is 0 Å². The number of aromatic carboxylic acids is 1. The number of benzene rings is 1. The number of carboxylic acid groups (broad SMARTS) is 1. The minimum Gasteiger partial charge on any atom is -0.477 e. The average molecular weight is 292 g/mol. The van der Waals surface area contributed by atoms with Gasteiger partial charge in [0, 0.05) is 18.7 Å². The van der Waals surface area contributed by atoms with E-state index in [9.17, 15) is 20.0 Å². The zero-order valence-electron chi connectivity index (χ0n) is 12.0. The molecule has 1 unspecified atom stereocenters. The molecule has 1 saturated carbocycles. The van der Waals surface area contributed by atoms with Crippen LogP contribution in [-0.4, -0.2) is 22.0 Å². The van der Waals surface area contributed by atoms with Crippen molar-refractivity contribution in [3.63, 3.8) is 0 Å². The van der Waals surface area contributed by atoms with Crippen molar-refractivity contribution in [3.05, 3.63) is 39.4 Å². The Balaban J connectivity index is 2.13. The topological polar surface area (TPSA) is 92.5 Å². The van der Waals surface area contributed by atoms with Crippen molar-refractivity contribution < 1.29 is 14.8 Å². The van der Waals surface area contributed by atoms with E-state index in [1.54, 1.807) is 6.07 Å². The molecule has 2 N–H and O–H groups in total. The van der Waals surface area contributed by atoms with Crippen LogP contribution in [0.3, 0.4) is 0 Å². The monoisotopic (exact) mass is 292 g/mol. The molecule has 0 aliphatic heterocycles. The Bertz CT molecular complexity index is 538. The first-order chi connectivity index (χ1) is 10.0. The van der Waals surface area contributed by atoms with E-state index >= 15 is 0 Å². The van der Waals surface area contributed by atoms with Crippen LogP contribution in [0.25, 0.3) is 0 Å². The highest BCUT2D eigenvalue weighted by molar-refractivity contribution is 5.94. The molecule has 1 atom stereocenters. The zero-order chi connectivity index (χ0) is 15.4. The summed E-state index contributed by atoms with van der Waals surface area (Å²) in [5.74, 6) is -0.649. The molecule has 0 spiro atoms. The summed E-state index contributed by atoms with van der Waals surface area (Å²) in [6, 6.07) is 4.67. The molecule has 6 heteroatoms. The molecule has 6 nitrogen and oxygen atoms in total. The molecule has 2 rings (SSSR count). The van der Waals surface area contributed by atoms with Gasteiger partial charge in [-0.1, -0.05) is 25.0 Å². The standard InChI is InChI=1S/C15H20N2O4/c1-10(11-5-2-3-6-11)16-9-12-7-4-8-13(17(20)21)14(12)15(18)19/h4,7-8,10-11,16H,2-3,5-6,9H2,1H3,(H,18,19). The third-order valence-electron chi connectivity index (χ3n) is 4.26. The number of carbonyl (C=O) groups is 1. The Hall–Kier alpha value is -1.95. The van der Waals surface area contributed by atoms with E-state index in [0.29, 0.717) is 18.0 Å². The summed E-state index contributed by atoms with van der Waals surface area (Å²) in [5, 5.41) is 23.5. The van der Waals surface area contributed by atoms with Gasteiger partial charge in [0.05, 0.1) is 4.92 Å². The number of nitrogens with zero attached hydrogens (tertiary/aromatic N) is 1. The summed E-state index contributed by atoms with van der Waals surface area (Å²) in [5.41, 5.74) is -0.106. The molecule has 0 bridgehead atoms. The summed E-state index contributed by atoms with van der Waals surface area (Å²) in [7, 11) is 0. The van der Waals surface area contributed by atoms with Gasteiger partial charge in [-0.2, -0.15) is 0 Å². The normalized spacial score (nSPS) is 16.8. The molecular weight excluding hydrogens is 272 g/mol. The second-order valence-electron chi connectivity index (χ2n) is 5.59. The van der Waals surface area contributed by atoms with E-state index in [2.05, 4.69) is 12.2 Å². The van der Waals surface area contributed by atoms with Crippen LogP contribution in [0.15, 0.2) is 18.2 Å². The lowest BCUT2D eigenvalue weighted by Crippen LogP contribution is -2.32. The van der Waals surface area contributed by atoms with Crippen molar-refractivity contribution in [1.29, 1.82) is 0 Å². The van der Waals surface area contributed by atoms with Crippen LogP contribution in [0.5, 0.6) is 0 Å². The maximum atomic E-state index is 11.3. The van der Waals surface area contributed by atoms with Gasteiger partial charge in [0.25, 0.3) is 5.69 Å². The molecule has 1 aromatic carbocycles. The smallest absolute Gasteiger partial charge is 0.343 e. The van der Waals surface area contributed by atoms with Gasteiger partial charge in [-0.3, -0.25) is 10.1 Å². The third kappa shape index (κ3) is 3.58. The summed E-state index contributed by atoms with van der Waals surface area (Å²) >= 11 is 0. The largest absolute Gasteiger partial charge is 0.477 e. The van der Waals surface area contributed by atoms with Crippen LogP contribution in [0.1, 0.15) is 48.5 Å². The molecule has 1 aliphatic rings. The fraction of sp³-hybridized carbons (Fsp3) is 0.533. The van der Waals surface area contributed by atoms with Gasteiger partial charge < -0.3 is 10.4 Å². The van der Waals surface area contributed by atoms with E-state index in [-0.39, 0.29) is 17.3 Å².